The Hall–Kier alpha value is -1.96. The summed E-state index contributed by atoms with van der Waals surface area (Å²) in [5.41, 5.74) is 0. The maximum Gasteiger partial charge on any atom is 0.226 e. The highest BCUT2D eigenvalue weighted by Crippen LogP contribution is 2.22. The van der Waals surface area contributed by atoms with E-state index in [0.29, 0.717) is 23.7 Å². The van der Waals surface area contributed by atoms with E-state index in [9.17, 15) is 4.79 Å². The van der Waals surface area contributed by atoms with Gasteiger partial charge in [-0.15, -0.1) is 11.3 Å². The smallest absolute Gasteiger partial charge is 0.226 e. The van der Waals surface area contributed by atoms with E-state index in [1.807, 2.05) is 29.6 Å². The molecular weight excluding hydrogens is 306 g/mol. The topological polar surface area (TPSA) is 38.3 Å². The van der Waals surface area contributed by atoms with Crippen LogP contribution in [0.2, 0.25) is 5.02 Å². The van der Waals surface area contributed by atoms with Crippen molar-refractivity contribution in [1.82, 2.24) is 5.32 Å². The number of amides is 1. The standard InChI is InChI=1S/C16H14ClNO2S/c17-14-7-1-2-8-15(14)20-10-4-3-9-18-16(19)12-13-6-5-11-21-13/h1-2,5-8,11H,9-10,12H2,(H,18,19). The van der Waals surface area contributed by atoms with Crippen molar-refractivity contribution in [2.45, 2.75) is 6.42 Å². The Bertz CT molecular complexity index is 644. The molecule has 0 aliphatic heterocycles. The summed E-state index contributed by atoms with van der Waals surface area (Å²) in [5.74, 6) is 6.25. The second-order valence-corrected chi connectivity index (χ2v) is 5.54. The minimum Gasteiger partial charge on any atom is -0.479 e. The highest BCUT2D eigenvalue weighted by Gasteiger charge is 2.02. The zero-order chi connectivity index (χ0) is 14.9. The van der Waals surface area contributed by atoms with Gasteiger partial charge in [0.1, 0.15) is 12.4 Å². The van der Waals surface area contributed by atoms with Crippen LogP contribution in [0.4, 0.5) is 0 Å². The molecule has 21 heavy (non-hydrogen) atoms. The number of benzene rings is 1. The van der Waals surface area contributed by atoms with Crippen molar-refractivity contribution in [3.05, 3.63) is 51.7 Å². The van der Waals surface area contributed by atoms with Crippen molar-refractivity contribution >= 4 is 28.8 Å². The minimum atomic E-state index is -0.0289. The average molecular weight is 320 g/mol. The third-order valence-electron chi connectivity index (χ3n) is 2.55. The summed E-state index contributed by atoms with van der Waals surface area (Å²) in [4.78, 5) is 12.6. The molecule has 5 heteroatoms. The normalized spacial score (nSPS) is 9.57. The fraction of sp³-hybridized carbons (Fsp3) is 0.188. The van der Waals surface area contributed by atoms with Crippen LogP contribution < -0.4 is 10.1 Å². The van der Waals surface area contributed by atoms with Gasteiger partial charge in [0.25, 0.3) is 0 Å². The first kappa shape index (κ1) is 15.4. The van der Waals surface area contributed by atoms with Gasteiger partial charge in [0, 0.05) is 4.88 Å². The molecule has 0 fully saturated rings. The first-order valence-corrected chi connectivity index (χ1v) is 7.63. The molecule has 0 aliphatic rings. The number of carbonyl (C=O) groups is 1. The lowest BCUT2D eigenvalue weighted by Gasteiger charge is -2.03. The summed E-state index contributed by atoms with van der Waals surface area (Å²) in [5, 5.41) is 5.26. The molecule has 0 spiro atoms. The van der Waals surface area contributed by atoms with Crippen LogP contribution in [0.15, 0.2) is 41.8 Å². The Morgan fingerprint density at radius 3 is 2.86 bits per heavy atom. The van der Waals surface area contributed by atoms with Crippen LogP contribution in [0.3, 0.4) is 0 Å². The number of hydrogen-bond acceptors (Lipinski definition) is 3. The molecule has 108 valence electrons. The van der Waals surface area contributed by atoms with Gasteiger partial charge in [-0.1, -0.05) is 41.6 Å². The Balaban J connectivity index is 1.65. The second kappa shape index (κ2) is 8.35. The first-order valence-electron chi connectivity index (χ1n) is 6.38. The van der Waals surface area contributed by atoms with Gasteiger partial charge < -0.3 is 10.1 Å². The number of ether oxygens (including phenoxy) is 1. The number of para-hydroxylation sites is 1. The zero-order valence-corrected chi connectivity index (χ0v) is 12.8. The largest absolute Gasteiger partial charge is 0.479 e. The van der Waals surface area contributed by atoms with Crippen molar-refractivity contribution < 1.29 is 9.53 Å². The molecule has 1 amide bonds. The first-order chi connectivity index (χ1) is 10.3. The summed E-state index contributed by atoms with van der Waals surface area (Å²) in [7, 11) is 0. The van der Waals surface area contributed by atoms with E-state index in [4.69, 9.17) is 16.3 Å². The SMILES string of the molecule is O=C(Cc1cccs1)NCC#CCOc1ccccc1Cl. The van der Waals surface area contributed by atoms with Gasteiger partial charge in [-0.2, -0.15) is 0 Å². The van der Waals surface area contributed by atoms with Crippen LogP contribution in [-0.4, -0.2) is 19.1 Å². The van der Waals surface area contributed by atoms with Gasteiger partial charge >= 0.3 is 0 Å². The van der Waals surface area contributed by atoms with Crippen molar-refractivity contribution in [3.8, 4) is 17.6 Å². The number of halogens is 1. The molecule has 1 N–H and O–H groups in total. The van der Waals surface area contributed by atoms with Crippen molar-refractivity contribution in [2.75, 3.05) is 13.2 Å². The number of rotatable bonds is 5. The molecular formula is C16H14ClNO2S. The van der Waals surface area contributed by atoms with Gasteiger partial charge in [0.05, 0.1) is 18.0 Å². The molecule has 0 saturated carbocycles. The van der Waals surface area contributed by atoms with Crippen LogP contribution in [0.25, 0.3) is 0 Å². The quantitative estimate of drug-likeness (QED) is 0.860. The monoisotopic (exact) mass is 319 g/mol. The Morgan fingerprint density at radius 1 is 1.24 bits per heavy atom. The molecule has 2 rings (SSSR count). The average Bonchev–Trinajstić information content (AvgIpc) is 2.97. The highest BCUT2D eigenvalue weighted by molar-refractivity contribution is 7.10. The van der Waals surface area contributed by atoms with E-state index >= 15 is 0 Å². The second-order valence-electron chi connectivity index (χ2n) is 4.11. The van der Waals surface area contributed by atoms with Gasteiger partial charge in [-0.25, -0.2) is 0 Å². The molecule has 0 unspecified atom stereocenters. The molecule has 0 bridgehead atoms. The third kappa shape index (κ3) is 5.50. The number of hydrogen-bond donors (Lipinski definition) is 1. The highest BCUT2D eigenvalue weighted by atomic mass is 35.5. The lowest BCUT2D eigenvalue weighted by Crippen LogP contribution is -2.25. The van der Waals surface area contributed by atoms with Crippen LogP contribution in [0, 0.1) is 11.8 Å². The number of nitrogens with one attached hydrogen (secondary N) is 1. The number of thiophene rings is 1. The van der Waals surface area contributed by atoms with Crippen LogP contribution >= 0.6 is 22.9 Å². The summed E-state index contributed by atoms with van der Waals surface area (Å²) < 4.78 is 5.41. The lowest BCUT2D eigenvalue weighted by atomic mass is 10.3. The van der Waals surface area contributed by atoms with Gasteiger partial charge in [-0.3, -0.25) is 4.79 Å². The Kier molecular flexibility index (Phi) is 6.14. The van der Waals surface area contributed by atoms with E-state index < -0.39 is 0 Å². The predicted octanol–water partition coefficient (Wildman–Crippen LogP) is 3.14. The van der Waals surface area contributed by atoms with Crippen molar-refractivity contribution in [3.63, 3.8) is 0 Å². The molecule has 1 heterocycles. The van der Waals surface area contributed by atoms with E-state index in [-0.39, 0.29) is 12.5 Å². The fourth-order valence-electron chi connectivity index (χ4n) is 1.57. The molecule has 3 nitrogen and oxygen atoms in total. The lowest BCUT2D eigenvalue weighted by molar-refractivity contribution is -0.120. The molecule has 1 aromatic carbocycles. The van der Waals surface area contributed by atoms with Crippen LogP contribution in [-0.2, 0) is 11.2 Å². The molecule has 0 aliphatic carbocycles. The molecule has 2 aromatic rings. The zero-order valence-electron chi connectivity index (χ0n) is 11.3. The third-order valence-corrected chi connectivity index (χ3v) is 3.74. The summed E-state index contributed by atoms with van der Waals surface area (Å²) in [6, 6.07) is 11.1. The van der Waals surface area contributed by atoms with Gasteiger partial charge in [0.2, 0.25) is 5.91 Å². The van der Waals surface area contributed by atoms with E-state index in [1.165, 1.54) is 0 Å². The number of carbonyl (C=O) groups excluding carboxylic acids is 1. The molecule has 0 atom stereocenters. The van der Waals surface area contributed by atoms with E-state index in [1.54, 1.807) is 23.5 Å². The van der Waals surface area contributed by atoms with E-state index in [0.717, 1.165) is 4.88 Å². The summed E-state index contributed by atoms with van der Waals surface area (Å²) in [6.07, 6.45) is 0.398. The minimum absolute atomic E-state index is 0.0289. The van der Waals surface area contributed by atoms with Gasteiger partial charge in [0.15, 0.2) is 0 Å². The van der Waals surface area contributed by atoms with E-state index in [2.05, 4.69) is 17.2 Å². The van der Waals surface area contributed by atoms with Gasteiger partial charge in [-0.05, 0) is 23.6 Å². The molecule has 0 radical (unpaired) electrons. The van der Waals surface area contributed by atoms with Crippen molar-refractivity contribution in [2.24, 2.45) is 0 Å². The maximum atomic E-state index is 11.6. The molecule has 1 aromatic heterocycles. The van der Waals surface area contributed by atoms with Crippen LogP contribution in [0.5, 0.6) is 5.75 Å². The maximum absolute atomic E-state index is 11.6. The predicted molar refractivity (Wildman–Crippen MR) is 85.8 cm³/mol. The Labute approximate surface area is 132 Å². The van der Waals surface area contributed by atoms with Crippen LogP contribution in [0.1, 0.15) is 4.88 Å². The summed E-state index contributed by atoms with van der Waals surface area (Å²) in [6.45, 7) is 0.556. The summed E-state index contributed by atoms with van der Waals surface area (Å²) >= 11 is 7.51. The van der Waals surface area contributed by atoms with Crippen molar-refractivity contribution in [1.29, 1.82) is 0 Å². The fourth-order valence-corrected chi connectivity index (χ4v) is 2.46. The molecule has 0 saturated heterocycles. The Morgan fingerprint density at radius 2 is 2.10 bits per heavy atom.